The number of halogens is 2. The monoisotopic (exact) mass is 444 g/mol. The molecule has 9 heteroatoms. The summed E-state index contributed by atoms with van der Waals surface area (Å²) in [5, 5.41) is 2.49. The first kappa shape index (κ1) is 23.3. The van der Waals surface area contributed by atoms with Crippen molar-refractivity contribution in [3.63, 3.8) is 0 Å². The summed E-state index contributed by atoms with van der Waals surface area (Å²) < 4.78 is 28.0. The van der Waals surface area contributed by atoms with Crippen molar-refractivity contribution in [3.8, 4) is 0 Å². The fourth-order valence-corrected chi connectivity index (χ4v) is 3.70. The molecule has 7 nitrogen and oxygen atoms in total. The van der Waals surface area contributed by atoms with Gasteiger partial charge in [-0.15, -0.1) is 0 Å². The lowest BCUT2D eigenvalue weighted by molar-refractivity contribution is -0.136. The van der Waals surface area contributed by atoms with E-state index in [-0.39, 0.29) is 43.1 Å². The van der Waals surface area contributed by atoms with E-state index in [4.69, 9.17) is 5.73 Å². The molecule has 1 heterocycles. The highest BCUT2D eigenvalue weighted by Gasteiger charge is 2.27. The molecular weight excluding hydrogens is 418 g/mol. The smallest absolute Gasteiger partial charge is 0.238 e. The Hall–Kier alpha value is -3.33. The van der Waals surface area contributed by atoms with E-state index in [0.29, 0.717) is 31.5 Å². The molecule has 2 aromatic carbocycles. The molecule has 0 saturated carbocycles. The van der Waals surface area contributed by atoms with Crippen LogP contribution in [0.4, 0.5) is 14.5 Å². The summed E-state index contributed by atoms with van der Waals surface area (Å²) in [5.74, 6) is -2.39. The summed E-state index contributed by atoms with van der Waals surface area (Å²) in [6, 6.07) is 11.9. The predicted octanol–water partition coefficient (Wildman–Crippen LogP) is 2.13. The topological polar surface area (TPSA) is 95.7 Å². The largest absolute Gasteiger partial charge is 0.369 e. The van der Waals surface area contributed by atoms with Gasteiger partial charge in [-0.05, 0) is 31.0 Å². The first-order chi connectivity index (χ1) is 15.3. The van der Waals surface area contributed by atoms with Gasteiger partial charge in [-0.25, -0.2) is 8.78 Å². The molecule has 1 aliphatic rings. The predicted molar refractivity (Wildman–Crippen MR) is 115 cm³/mol. The third-order valence-corrected chi connectivity index (χ3v) is 5.48. The summed E-state index contributed by atoms with van der Waals surface area (Å²) >= 11 is 0. The van der Waals surface area contributed by atoms with Gasteiger partial charge in [0.15, 0.2) is 0 Å². The van der Waals surface area contributed by atoms with E-state index in [1.807, 2.05) is 0 Å². The van der Waals surface area contributed by atoms with Crippen molar-refractivity contribution >= 4 is 23.4 Å². The summed E-state index contributed by atoms with van der Waals surface area (Å²) in [6.45, 7) is 0.454. The van der Waals surface area contributed by atoms with Crippen molar-refractivity contribution in [2.24, 2.45) is 11.7 Å². The summed E-state index contributed by atoms with van der Waals surface area (Å²) in [7, 11) is 0. The third kappa shape index (κ3) is 6.34. The molecule has 0 spiro atoms. The van der Waals surface area contributed by atoms with Crippen LogP contribution in [0, 0.1) is 17.6 Å². The first-order valence-electron chi connectivity index (χ1n) is 10.4. The van der Waals surface area contributed by atoms with Gasteiger partial charge in [0.1, 0.15) is 11.6 Å². The molecule has 3 N–H and O–H groups in total. The molecule has 1 fully saturated rings. The fourth-order valence-electron chi connectivity index (χ4n) is 3.70. The minimum absolute atomic E-state index is 0.0286. The van der Waals surface area contributed by atoms with Crippen LogP contribution in [0.25, 0.3) is 0 Å². The second-order valence-electron chi connectivity index (χ2n) is 7.82. The van der Waals surface area contributed by atoms with Crippen molar-refractivity contribution < 1.29 is 23.2 Å². The van der Waals surface area contributed by atoms with E-state index in [1.165, 1.54) is 29.2 Å². The molecule has 0 bridgehead atoms. The maximum atomic E-state index is 14.2. The molecule has 0 radical (unpaired) electrons. The Labute approximate surface area is 185 Å². The number of hydrogen-bond acceptors (Lipinski definition) is 4. The molecule has 170 valence electrons. The van der Waals surface area contributed by atoms with Gasteiger partial charge in [-0.1, -0.05) is 30.3 Å². The number of likely N-dealkylation sites (tertiary alicyclic amines) is 1. The van der Waals surface area contributed by atoms with Crippen LogP contribution in [0.2, 0.25) is 0 Å². The molecule has 0 unspecified atom stereocenters. The van der Waals surface area contributed by atoms with Gasteiger partial charge in [-0.2, -0.15) is 0 Å². The second-order valence-corrected chi connectivity index (χ2v) is 7.82. The number of anilines is 1. The van der Waals surface area contributed by atoms with Gasteiger partial charge in [-0.3, -0.25) is 19.3 Å². The average Bonchev–Trinajstić information content (AvgIpc) is 2.77. The van der Waals surface area contributed by atoms with Gasteiger partial charge in [0, 0.05) is 31.1 Å². The van der Waals surface area contributed by atoms with Gasteiger partial charge in [0.25, 0.3) is 0 Å². The molecule has 3 amide bonds. The minimum atomic E-state index is -0.574. The summed E-state index contributed by atoms with van der Waals surface area (Å²) in [5.41, 5.74) is 5.71. The van der Waals surface area contributed by atoms with Crippen molar-refractivity contribution in [3.05, 3.63) is 65.7 Å². The summed E-state index contributed by atoms with van der Waals surface area (Å²) in [6.07, 6.45) is 0.977. The zero-order chi connectivity index (χ0) is 23.1. The van der Waals surface area contributed by atoms with Crippen molar-refractivity contribution in [2.75, 3.05) is 31.5 Å². The maximum Gasteiger partial charge on any atom is 0.238 e. The van der Waals surface area contributed by atoms with E-state index in [1.54, 1.807) is 29.2 Å². The molecule has 1 aliphatic heterocycles. The quantitative estimate of drug-likeness (QED) is 0.652. The molecule has 0 aromatic heterocycles. The minimum Gasteiger partial charge on any atom is -0.369 e. The molecule has 32 heavy (non-hydrogen) atoms. The van der Waals surface area contributed by atoms with Crippen LogP contribution in [0.3, 0.4) is 0 Å². The van der Waals surface area contributed by atoms with E-state index in [2.05, 4.69) is 5.32 Å². The Morgan fingerprint density at radius 3 is 2.22 bits per heavy atom. The van der Waals surface area contributed by atoms with E-state index >= 15 is 0 Å². The van der Waals surface area contributed by atoms with E-state index in [9.17, 15) is 23.2 Å². The standard InChI is InChI=1S/C23H26F2N4O3/c24-18-6-2-1-5-17(18)13-28(14-21(30)27-20-8-4-3-7-19(20)25)15-22(31)29-11-9-16(10-12-29)23(26)32/h1-8,16H,9-15H2,(H2,26,32)(H,27,30). The number of hydrogen-bond donors (Lipinski definition) is 2. The normalized spacial score (nSPS) is 14.4. The van der Waals surface area contributed by atoms with Crippen molar-refractivity contribution in [2.45, 2.75) is 19.4 Å². The average molecular weight is 444 g/mol. The van der Waals surface area contributed by atoms with Crippen molar-refractivity contribution in [1.82, 2.24) is 9.80 Å². The zero-order valence-corrected chi connectivity index (χ0v) is 17.6. The number of primary amides is 1. The van der Waals surface area contributed by atoms with Gasteiger partial charge < -0.3 is 16.0 Å². The van der Waals surface area contributed by atoms with Crippen LogP contribution >= 0.6 is 0 Å². The highest BCUT2D eigenvalue weighted by molar-refractivity contribution is 5.92. The highest BCUT2D eigenvalue weighted by Crippen LogP contribution is 2.18. The molecular formula is C23H26F2N4O3. The molecule has 3 rings (SSSR count). The number of carbonyl (C=O) groups is 3. The van der Waals surface area contributed by atoms with Crippen LogP contribution in [0.15, 0.2) is 48.5 Å². The zero-order valence-electron chi connectivity index (χ0n) is 17.6. The van der Waals surface area contributed by atoms with E-state index in [0.717, 1.165) is 0 Å². The maximum absolute atomic E-state index is 14.2. The lowest BCUT2D eigenvalue weighted by Gasteiger charge is -2.32. The van der Waals surface area contributed by atoms with Crippen LogP contribution in [-0.4, -0.2) is 53.7 Å². The van der Waals surface area contributed by atoms with Crippen molar-refractivity contribution in [1.29, 1.82) is 0 Å². The highest BCUT2D eigenvalue weighted by atomic mass is 19.1. The number of piperidine rings is 1. The lowest BCUT2D eigenvalue weighted by Crippen LogP contribution is -2.47. The van der Waals surface area contributed by atoms with E-state index < -0.39 is 17.5 Å². The van der Waals surface area contributed by atoms with Crippen LogP contribution < -0.4 is 11.1 Å². The SMILES string of the molecule is NC(=O)C1CCN(C(=O)CN(CC(=O)Nc2ccccc2F)Cc2ccccc2F)CC1. The Bertz CT molecular complexity index is 977. The lowest BCUT2D eigenvalue weighted by atomic mass is 9.96. The number of amides is 3. The fraction of sp³-hybridized carbons (Fsp3) is 0.348. The number of nitrogens with one attached hydrogen (secondary N) is 1. The number of para-hydroxylation sites is 1. The Kier molecular flexibility index (Phi) is 7.88. The Balaban J connectivity index is 1.67. The molecule has 0 aliphatic carbocycles. The Morgan fingerprint density at radius 2 is 1.59 bits per heavy atom. The number of benzene rings is 2. The van der Waals surface area contributed by atoms with Gasteiger partial charge in [0.05, 0.1) is 18.8 Å². The van der Waals surface area contributed by atoms with Gasteiger partial charge >= 0.3 is 0 Å². The van der Waals surface area contributed by atoms with Crippen LogP contribution in [-0.2, 0) is 20.9 Å². The first-order valence-corrected chi connectivity index (χ1v) is 10.4. The number of carbonyl (C=O) groups excluding carboxylic acids is 3. The Morgan fingerprint density at radius 1 is 0.969 bits per heavy atom. The molecule has 1 saturated heterocycles. The van der Waals surface area contributed by atoms with Crippen LogP contribution in [0.1, 0.15) is 18.4 Å². The molecule has 0 atom stereocenters. The number of nitrogens with zero attached hydrogens (tertiary/aromatic N) is 2. The van der Waals surface area contributed by atoms with Crippen LogP contribution in [0.5, 0.6) is 0 Å². The number of nitrogens with two attached hydrogens (primary N) is 1. The summed E-state index contributed by atoms with van der Waals surface area (Å²) in [4.78, 5) is 39.8. The molecule has 2 aromatic rings. The van der Waals surface area contributed by atoms with Gasteiger partial charge in [0.2, 0.25) is 17.7 Å². The number of rotatable bonds is 8. The second kappa shape index (κ2) is 10.8. The third-order valence-electron chi connectivity index (χ3n) is 5.48.